The quantitative estimate of drug-likeness (QED) is 0.0763. The molecular weight excluding hydrogens is 1020 g/mol. The first kappa shape index (κ1) is 54.5. The molecule has 9 fully saturated rings. The molecule has 3 heterocycles. The molecule has 2 spiro atoms. The van der Waals surface area contributed by atoms with Crippen LogP contribution in [0.25, 0.3) is 0 Å². The Labute approximate surface area is 486 Å². The number of hydrogen-bond acceptors (Lipinski definition) is 10. The SMILES string of the molecule is CNC1Cc2c(cccc2CO)C#CCCC23CCC4C(O)(CC5CC6CCC7C8OC(Cc9cccc(c9)CC9CCC(C9)C6C)CC6CC(CCc9ccccc9)CC68CC4(C=O)C57O)C2(O)CC2CC1C1OC(=O)C=C1C23CO. The summed E-state index contributed by atoms with van der Waals surface area (Å²) >= 11 is 0. The average Bonchev–Trinajstić information content (AvgIpc) is 1.36. The Morgan fingerprint density at radius 1 is 0.805 bits per heavy atom. The minimum Gasteiger partial charge on any atom is -0.454 e. The molecule has 22 atom stereocenters. The maximum absolute atomic E-state index is 15.7. The number of likely N-dealkylation sites (N-methyl/N-ethyl adjacent to an activating group) is 1. The van der Waals surface area contributed by atoms with Crippen molar-refractivity contribution in [2.24, 2.45) is 86.8 Å². The van der Waals surface area contributed by atoms with Gasteiger partial charge in [-0.3, -0.25) is 0 Å². The zero-order valence-corrected chi connectivity index (χ0v) is 48.6. The maximum atomic E-state index is 15.7. The number of hydrogen-bond donors (Lipinski definition) is 6. The molecule has 10 aliphatic carbocycles. The Hall–Kier alpha value is -4.18. The number of aliphatic hydroxyl groups is 5. The molecule has 0 aromatic heterocycles. The predicted octanol–water partition coefficient (Wildman–Crippen LogP) is 9.59. The summed E-state index contributed by atoms with van der Waals surface area (Å²) in [6, 6.07) is 25.8. The van der Waals surface area contributed by atoms with Crippen molar-refractivity contribution in [3.05, 3.63) is 118 Å². The van der Waals surface area contributed by atoms with E-state index in [9.17, 15) is 15.0 Å². The van der Waals surface area contributed by atoms with E-state index in [2.05, 4.69) is 78.7 Å². The van der Waals surface area contributed by atoms with E-state index in [4.69, 9.17) is 9.47 Å². The van der Waals surface area contributed by atoms with Crippen molar-refractivity contribution in [3.63, 3.8) is 0 Å². The van der Waals surface area contributed by atoms with Crippen molar-refractivity contribution in [2.45, 2.75) is 196 Å². The average molecular weight is 1110 g/mol. The number of aryl methyl sites for hydroxylation is 1. The lowest BCUT2D eigenvalue weighted by Crippen LogP contribution is -2.83. The molecule has 3 aromatic rings. The minimum atomic E-state index is -1.86. The summed E-state index contributed by atoms with van der Waals surface area (Å²) in [5.41, 5.74) is -2.01. The number of aliphatic hydroxyl groups excluding tert-OH is 2. The topological polar surface area (TPSA) is 166 Å². The molecule has 10 nitrogen and oxygen atoms in total. The van der Waals surface area contributed by atoms with Gasteiger partial charge in [0, 0.05) is 58.1 Å². The number of aldehydes is 1. The second-order valence-electron chi connectivity index (χ2n) is 29.8. The molecule has 16 rings (SSSR count). The molecule has 0 amide bonds. The highest BCUT2D eigenvalue weighted by Gasteiger charge is 2.87. The Morgan fingerprint density at radius 3 is 2.41 bits per heavy atom. The molecule has 3 aliphatic heterocycles. The second-order valence-corrected chi connectivity index (χ2v) is 29.8. The number of nitrogens with one attached hydrogen (secondary N) is 1. The van der Waals surface area contributed by atoms with Gasteiger partial charge in [-0.2, -0.15) is 0 Å². The minimum absolute atomic E-state index is 0.0311. The molecule has 13 aliphatic rings. The molecular formula is C72H89NO9. The monoisotopic (exact) mass is 1110 g/mol. The van der Waals surface area contributed by atoms with E-state index >= 15 is 20.1 Å². The number of carbonyl (C=O) groups excluding carboxylic acids is 2. The summed E-state index contributed by atoms with van der Waals surface area (Å²) < 4.78 is 14.3. The van der Waals surface area contributed by atoms with E-state index in [0.29, 0.717) is 75.0 Å². The van der Waals surface area contributed by atoms with Crippen LogP contribution in [0.2, 0.25) is 0 Å². The van der Waals surface area contributed by atoms with Crippen LogP contribution >= 0.6 is 0 Å². The van der Waals surface area contributed by atoms with E-state index in [-0.39, 0.29) is 73.9 Å². The van der Waals surface area contributed by atoms with Crippen LogP contribution < -0.4 is 5.32 Å². The molecule has 12 bridgehead atoms. The number of esters is 1. The van der Waals surface area contributed by atoms with Gasteiger partial charge in [0.2, 0.25) is 0 Å². The summed E-state index contributed by atoms with van der Waals surface area (Å²) in [5, 5.41) is 72.3. The Bertz CT molecular complexity index is 3110. The summed E-state index contributed by atoms with van der Waals surface area (Å²) in [4.78, 5) is 29.8. The lowest BCUT2D eigenvalue weighted by molar-refractivity contribution is -0.369. The van der Waals surface area contributed by atoms with Gasteiger partial charge in [-0.05, 0) is 229 Å². The van der Waals surface area contributed by atoms with E-state index in [1.54, 1.807) is 6.08 Å². The zero-order chi connectivity index (χ0) is 56.2. The summed E-state index contributed by atoms with van der Waals surface area (Å²) in [6.07, 6.45) is 17.7. The van der Waals surface area contributed by atoms with Gasteiger partial charge in [-0.15, -0.1) is 0 Å². The smallest absolute Gasteiger partial charge is 0.331 e. The van der Waals surface area contributed by atoms with E-state index in [0.717, 1.165) is 86.3 Å². The van der Waals surface area contributed by atoms with Gasteiger partial charge >= 0.3 is 5.97 Å². The second kappa shape index (κ2) is 19.7. The van der Waals surface area contributed by atoms with Crippen molar-refractivity contribution in [3.8, 4) is 11.8 Å². The first-order valence-electron chi connectivity index (χ1n) is 32.5. The van der Waals surface area contributed by atoms with Gasteiger partial charge in [-0.1, -0.05) is 85.5 Å². The lowest BCUT2D eigenvalue weighted by atomic mass is 9.32. The number of benzene rings is 3. The summed E-state index contributed by atoms with van der Waals surface area (Å²) in [5.74, 6) is 6.71. The number of rotatable bonds is 7. The van der Waals surface area contributed by atoms with Crippen molar-refractivity contribution >= 4 is 12.3 Å². The normalized spacial score (nSPS) is 47.4. The maximum Gasteiger partial charge on any atom is 0.331 e. The molecule has 1 saturated heterocycles. The van der Waals surface area contributed by atoms with Crippen molar-refractivity contribution < 1.29 is 44.6 Å². The van der Waals surface area contributed by atoms with Crippen LogP contribution in [0.1, 0.15) is 156 Å². The van der Waals surface area contributed by atoms with Gasteiger partial charge in [0.25, 0.3) is 0 Å². The molecule has 82 heavy (non-hydrogen) atoms. The van der Waals surface area contributed by atoms with E-state index in [1.165, 1.54) is 36.0 Å². The highest BCUT2D eigenvalue weighted by molar-refractivity contribution is 5.87. The van der Waals surface area contributed by atoms with Gasteiger partial charge in [-0.25, -0.2) is 4.79 Å². The van der Waals surface area contributed by atoms with Gasteiger partial charge in [0.15, 0.2) is 0 Å². The van der Waals surface area contributed by atoms with Crippen molar-refractivity contribution in [2.75, 3.05) is 13.7 Å². The van der Waals surface area contributed by atoms with Crippen LogP contribution in [0.5, 0.6) is 0 Å². The summed E-state index contributed by atoms with van der Waals surface area (Å²) in [6.45, 7) is 2.00. The van der Waals surface area contributed by atoms with Crippen LogP contribution in [0.4, 0.5) is 0 Å². The van der Waals surface area contributed by atoms with Gasteiger partial charge in [0.05, 0.1) is 42.0 Å². The lowest BCUT2D eigenvalue weighted by Gasteiger charge is -2.75. The molecule has 8 saturated carbocycles. The first-order chi connectivity index (χ1) is 39.7. The zero-order valence-electron chi connectivity index (χ0n) is 48.6. The standard InChI is InChI=1S/C72H89NO9/c1-43-50-20-19-47(28-50)27-45-12-8-13-46(26-45)30-56-32-53-29-48(18-17-44-10-4-3-5-11-44)36-66(53)40-67(41-75)62-23-25-68-24-7-6-14-49-15-9-16-52(39-74)57(49)34-61(73-2)58-33-54(69(68,42-76)60-35-63(77)82-64(58)60)38-71(68,79)70(62,78)37-55-31-51(43)21-22-59(65(66)81-56)72(55,67)80/h3-5,8-13,15-16,26,35,41,43,47-48,50-51,53-56,58-59,61-62,64-65,73-74,76,78-80H,7,17-25,27-34,36-40,42H2,1-2H3. The van der Waals surface area contributed by atoms with E-state index in [1.807, 2.05) is 25.2 Å². The Morgan fingerprint density at radius 2 is 1.61 bits per heavy atom. The third-order valence-electron chi connectivity index (χ3n) is 27.3. The van der Waals surface area contributed by atoms with Crippen LogP contribution in [-0.4, -0.2) is 92.6 Å². The fourth-order valence-electron chi connectivity index (χ4n) is 24.1. The Balaban J connectivity index is 0.907. The number of ether oxygens (including phenoxy) is 2. The van der Waals surface area contributed by atoms with Crippen LogP contribution in [0.15, 0.2) is 84.4 Å². The van der Waals surface area contributed by atoms with Gasteiger partial charge < -0.3 is 45.1 Å². The van der Waals surface area contributed by atoms with Crippen LogP contribution in [0, 0.1) is 98.6 Å². The fraction of sp³-hybridized carbons (Fsp3) is 0.667. The van der Waals surface area contributed by atoms with E-state index < -0.39 is 62.4 Å². The molecule has 10 heteroatoms. The molecule has 22 unspecified atom stereocenters. The largest absolute Gasteiger partial charge is 0.454 e. The van der Waals surface area contributed by atoms with Crippen LogP contribution in [-0.2, 0) is 51.4 Å². The van der Waals surface area contributed by atoms with Crippen LogP contribution in [0.3, 0.4) is 0 Å². The molecule has 3 aromatic carbocycles. The highest BCUT2D eigenvalue weighted by Crippen LogP contribution is 2.83. The Kier molecular flexibility index (Phi) is 13.1. The van der Waals surface area contributed by atoms with Crippen molar-refractivity contribution in [1.29, 1.82) is 0 Å². The number of fused-ring (bicyclic) bond motifs is 13. The third-order valence-corrected chi connectivity index (χ3v) is 27.3. The summed E-state index contributed by atoms with van der Waals surface area (Å²) in [7, 11) is 1.93. The molecule has 6 N–H and O–H groups in total. The van der Waals surface area contributed by atoms with Crippen molar-refractivity contribution in [1.82, 2.24) is 5.32 Å². The fourth-order valence-corrected chi connectivity index (χ4v) is 24.1. The molecule has 436 valence electrons. The van der Waals surface area contributed by atoms with Gasteiger partial charge in [0.1, 0.15) is 18.0 Å². The third kappa shape index (κ3) is 7.38. The number of carbonyl (C=O) groups is 2. The predicted molar refractivity (Wildman–Crippen MR) is 311 cm³/mol. The first-order valence-corrected chi connectivity index (χ1v) is 32.5. The highest BCUT2D eigenvalue weighted by atomic mass is 16.5. The molecule has 0 radical (unpaired) electrons.